The molecule has 104 valence electrons. The number of rotatable bonds is 4. The molecule has 5 heteroatoms. The molecule has 1 fully saturated rings. The first-order valence-corrected chi connectivity index (χ1v) is 7.53. The van der Waals surface area contributed by atoms with Crippen molar-refractivity contribution in [2.45, 2.75) is 26.3 Å². The van der Waals surface area contributed by atoms with Gasteiger partial charge in [0, 0.05) is 17.6 Å². The van der Waals surface area contributed by atoms with Crippen LogP contribution in [0.25, 0.3) is 0 Å². The van der Waals surface area contributed by atoms with Gasteiger partial charge in [-0.3, -0.25) is 9.69 Å². The van der Waals surface area contributed by atoms with Gasteiger partial charge in [-0.1, -0.05) is 24.6 Å². The largest absolute Gasteiger partial charge is 0.481 e. The summed E-state index contributed by atoms with van der Waals surface area (Å²) in [6, 6.07) is 5.87. The Hall–Kier alpha value is -0.580. The number of halogens is 2. The van der Waals surface area contributed by atoms with E-state index in [-0.39, 0.29) is 0 Å². The molecule has 1 N–H and O–H groups in total. The smallest absolute Gasteiger partial charge is 0.310 e. The van der Waals surface area contributed by atoms with Crippen LogP contribution in [0.2, 0.25) is 5.02 Å². The van der Waals surface area contributed by atoms with Crippen LogP contribution in [-0.2, 0) is 11.3 Å². The molecule has 0 spiro atoms. The third kappa shape index (κ3) is 3.12. The van der Waals surface area contributed by atoms with E-state index in [0.29, 0.717) is 18.0 Å². The summed E-state index contributed by atoms with van der Waals surface area (Å²) in [4.78, 5) is 13.6. The molecule has 1 heterocycles. The zero-order valence-corrected chi connectivity index (χ0v) is 13.2. The number of hydrogen-bond acceptors (Lipinski definition) is 2. The molecule has 0 amide bonds. The lowest BCUT2D eigenvalue weighted by molar-refractivity contribution is -0.148. The SMILES string of the molecule is CCC1(C(=O)O)CCN(Cc2ccc(Br)c(Cl)c2)C1. The topological polar surface area (TPSA) is 40.5 Å². The van der Waals surface area contributed by atoms with Gasteiger partial charge in [-0.25, -0.2) is 0 Å². The van der Waals surface area contributed by atoms with Crippen LogP contribution in [0.1, 0.15) is 25.3 Å². The Morgan fingerprint density at radius 1 is 1.58 bits per heavy atom. The van der Waals surface area contributed by atoms with Crippen molar-refractivity contribution in [3.63, 3.8) is 0 Å². The lowest BCUT2D eigenvalue weighted by atomic mass is 9.84. The number of carboxylic acids is 1. The minimum Gasteiger partial charge on any atom is -0.481 e. The van der Waals surface area contributed by atoms with Crippen LogP contribution < -0.4 is 0 Å². The van der Waals surface area contributed by atoms with Crippen molar-refractivity contribution in [1.29, 1.82) is 0 Å². The first-order valence-electron chi connectivity index (χ1n) is 6.36. The average Bonchev–Trinajstić information content (AvgIpc) is 2.79. The van der Waals surface area contributed by atoms with Gasteiger partial charge < -0.3 is 5.11 Å². The Morgan fingerprint density at radius 2 is 2.32 bits per heavy atom. The molecular formula is C14H17BrClNO2. The first-order chi connectivity index (χ1) is 8.97. The van der Waals surface area contributed by atoms with Gasteiger partial charge in [0.2, 0.25) is 0 Å². The second-order valence-electron chi connectivity index (χ2n) is 5.15. The molecule has 1 unspecified atom stereocenters. The Labute approximate surface area is 126 Å². The highest BCUT2D eigenvalue weighted by atomic mass is 79.9. The number of carbonyl (C=O) groups is 1. The van der Waals surface area contributed by atoms with Gasteiger partial charge in [-0.15, -0.1) is 0 Å². The van der Waals surface area contributed by atoms with Gasteiger partial charge in [0.05, 0.1) is 10.4 Å². The molecule has 0 bridgehead atoms. The van der Waals surface area contributed by atoms with Crippen LogP contribution in [0.15, 0.2) is 22.7 Å². The van der Waals surface area contributed by atoms with Gasteiger partial charge in [0.25, 0.3) is 0 Å². The molecular weight excluding hydrogens is 330 g/mol. The van der Waals surface area contributed by atoms with E-state index in [1.54, 1.807) is 0 Å². The summed E-state index contributed by atoms with van der Waals surface area (Å²) >= 11 is 9.44. The minimum atomic E-state index is -0.675. The van der Waals surface area contributed by atoms with E-state index >= 15 is 0 Å². The van der Waals surface area contributed by atoms with E-state index in [0.717, 1.165) is 29.5 Å². The van der Waals surface area contributed by atoms with E-state index in [1.165, 1.54) is 0 Å². The van der Waals surface area contributed by atoms with Crippen LogP contribution in [0.5, 0.6) is 0 Å². The molecule has 19 heavy (non-hydrogen) atoms. The molecule has 0 saturated carbocycles. The second kappa shape index (κ2) is 5.81. The summed E-state index contributed by atoms with van der Waals surface area (Å²) in [7, 11) is 0. The first kappa shape index (κ1) is 14.8. The molecule has 0 aromatic heterocycles. The second-order valence-corrected chi connectivity index (χ2v) is 6.41. The highest BCUT2D eigenvalue weighted by Crippen LogP contribution is 2.35. The molecule has 0 aliphatic carbocycles. The summed E-state index contributed by atoms with van der Waals surface area (Å²) < 4.78 is 0.882. The summed E-state index contributed by atoms with van der Waals surface area (Å²) in [6.45, 7) is 4.15. The highest BCUT2D eigenvalue weighted by Gasteiger charge is 2.42. The Bertz CT molecular complexity index is 494. The van der Waals surface area contributed by atoms with E-state index in [4.69, 9.17) is 11.6 Å². The minimum absolute atomic E-state index is 0.570. The zero-order valence-electron chi connectivity index (χ0n) is 10.8. The molecule has 1 aliphatic rings. The van der Waals surface area contributed by atoms with Gasteiger partial charge in [0.15, 0.2) is 0 Å². The van der Waals surface area contributed by atoms with Crippen molar-refractivity contribution in [3.8, 4) is 0 Å². The zero-order chi connectivity index (χ0) is 14.0. The van der Waals surface area contributed by atoms with Crippen LogP contribution >= 0.6 is 27.5 Å². The van der Waals surface area contributed by atoms with Crippen LogP contribution in [0.3, 0.4) is 0 Å². The van der Waals surface area contributed by atoms with Crippen molar-refractivity contribution < 1.29 is 9.90 Å². The molecule has 2 rings (SSSR count). The van der Waals surface area contributed by atoms with Gasteiger partial charge >= 0.3 is 5.97 Å². The molecule has 1 atom stereocenters. The standard InChI is InChI=1S/C14H17BrClNO2/c1-2-14(13(18)19)5-6-17(9-14)8-10-3-4-11(15)12(16)7-10/h3-4,7H,2,5-6,8-9H2,1H3,(H,18,19). The molecule has 1 aromatic carbocycles. The fourth-order valence-electron chi connectivity index (χ4n) is 2.60. The van der Waals surface area contributed by atoms with Crippen molar-refractivity contribution in [2.24, 2.45) is 5.41 Å². The third-order valence-corrected chi connectivity index (χ3v) is 5.19. The van der Waals surface area contributed by atoms with E-state index < -0.39 is 11.4 Å². The predicted octanol–water partition coefficient (Wildman–Crippen LogP) is 3.79. The molecule has 1 aliphatic heterocycles. The molecule has 3 nitrogen and oxygen atoms in total. The van der Waals surface area contributed by atoms with Gasteiger partial charge in [-0.05, 0) is 53.0 Å². The molecule has 1 saturated heterocycles. The molecule has 0 radical (unpaired) electrons. The maximum Gasteiger partial charge on any atom is 0.310 e. The normalized spacial score (nSPS) is 23.7. The van der Waals surface area contributed by atoms with E-state index in [1.807, 2.05) is 25.1 Å². The average molecular weight is 347 g/mol. The fourth-order valence-corrected chi connectivity index (χ4v) is 3.05. The van der Waals surface area contributed by atoms with E-state index in [9.17, 15) is 9.90 Å². The summed E-state index contributed by atoms with van der Waals surface area (Å²) in [5, 5.41) is 10.1. The number of likely N-dealkylation sites (tertiary alicyclic amines) is 1. The Kier molecular flexibility index (Phi) is 4.54. The predicted molar refractivity (Wildman–Crippen MR) is 79.4 cm³/mol. The monoisotopic (exact) mass is 345 g/mol. The van der Waals surface area contributed by atoms with Crippen molar-refractivity contribution in [3.05, 3.63) is 33.3 Å². The Morgan fingerprint density at radius 3 is 2.84 bits per heavy atom. The maximum atomic E-state index is 11.4. The maximum absolute atomic E-state index is 11.4. The number of benzene rings is 1. The van der Waals surface area contributed by atoms with Gasteiger partial charge in [0.1, 0.15) is 0 Å². The fraction of sp³-hybridized carbons (Fsp3) is 0.500. The van der Waals surface area contributed by atoms with Crippen LogP contribution in [0, 0.1) is 5.41 Å². The van der Waals surface area contributed by atoms with Crippen LogP contribution in [-0.4, -0.2) is 29.1 Å². The summed E-state index contributed by atoms with van der Waals surface area (Å²) in [6.07, 6.45) is 1.41. The number of nitrogens with zero attached hydrogens (tertiary/aromatic N) is 1. The van der Waals surface area contributed by atoms with Crippen molar-refractivity contribution in [2.75, 3.05) is 13.1 Å². The number of aliphatic carboxylic acids is 1. The number of hydrogen-bond donors (Lipinski definition) is 1. The van der Waals surface area contributed by atoms with Gasteiger partial charge in [-0.2, -0.15) is 0 Å². The Balaban J connectivity index is 2.05. The number of carboxylic acid groups (broad SMARTS) is 1. The quantitative estimate of drug-likeness (QED) is 0.902. The molecule has 1 aromatic rings. The highest BCUT2D eigenvalue weighted by molar-refractivity contribution is 9.10. The lowest BCUT2D eigenvalue weighted by Crippen LogP contribution is -2.33. The summed E-state index contributed by atoms with van der Waals surface area (Å²) in [5.74, 6) is -0.675. The third-order valence-electron chi connectivity index (χ3n) is 3.95. The van der Waals surface area contributed by atoms with Crippen LogP contribution in [0.4, 0.5) is 0 Å². The lowest BCUT2D eigenvalue weighted by Gasteiger charge is -2.23. The van der Waals surface area contributed by atoms with Crippen molar-refractivity contribution >= 4 is 33.5 Å². The van der Waals surface area contributed by atoms with Crippen molar-refractivity contribution in [1.82, 2.24) is 4.90 Å². The summed E-state index contributed by atoms with van der Waals surface area (Å²) in [5.41, 5.74) is 0.546. The van der Waals surface area contributed by atoms with E-state index in [2.05, 4.69) is 20.8 Å².